The second-order valence-corrected chi connectivity index (χ2v) is 9.56. The summed E-state index contributed by atoms with van der Waals surface area (Å²) in [6.07, 6.45) is 0.762. The van der Waals surface area contributed by atoms with Gasteiger partial charge in [-0.15, -0.1) is 0 Å². The lowest BCUT2D eigenvalue weighted by molar-refractivity contribution is -0.122. The van der Waals surface area contributed by atoms with Crippen molar-refractivity contribution in [3.05, 3.63) is 77.0 Å². The number of nitrogens with zero attached hydrogens (tertiary/aromatic N) is 2. The summed E-state index contributed by atoms with van der Waals surface area (Å²) in [6.45, 7) is 4.75. The van der Waals surface area contributed by atoms with Gasteiger partial charge in [0.15, 0.2) is 6.61 Å². The Kier molecular flexibility index (Phi) is 7.90. The van der Waals surface area contributed by atoms with Gasteiger partial charge in [0.2, 0.25) is 5.91 Å². The first-order valence-electron chi connectivity index (χ1n) is 11.5. The fraction of sp³-hybridized carbons (Fsp3) is 0.346. The summed E-state index contributed by atoms with van der Waals surface area (Å²) in [6, 6.07) is 17.8. The summed E-state index contributed by atoms with van der Waals surface area (Å²) in [4.78, 5) is 25.2. The molecule has 178 valence electrons. The van der Waals surface area contributed by atoms with Crippen LogP contribution in [0, 0.1) is 0 Å². The molecule has 0 saturated carbocycles. The van der Waals surface area contributed by atoms with E-state index in [2.05, 4.69) is 29.6 Å². The molecule has 2 amide bonds. The Morgan fingerprint density at radius 2 is 1.82 bits per heavy atom. The van der Waals surface area contributed by atoms with Crippen molar-refractivity contribution in [2.75, 3.05) is 18.5 Å². The molecule has 0 fully saturated rings. The van der Waals surface area contributed by atoms with Gasteiger partial charge in [-0.25, -0.2) is 4.68 Å². The minimum Gasteiger partial charge on any atom is -0.484 e. The van der Waals surface area contributed by atoms with Crippen LogP contribution in [0.3, 0.4) is 0 Å². The number of benzene rings is 2. The number of carbonyl (C=O) groups is 2. The molecule has 7 nitrogen and oxygen atoms in total. The highest BCUT2D eigenvalue weighted by Crippen LogP contribution is 2.34. The third-order valence-corrected chi connectivity index (χ3v) is 6.64. The molecule has 2 N–H and O–H groups in total. The average molecular weight is 479 g/mol. The number of aromatic nitrogens is 2. The first kappa shape index (κ1) is 23.9. The Hall–Kier alpha value is -3.26. The molecule has 1 aromatic heterocycles. The molecule has 2 aromatic carbocycles. The van der Waals surface area contributed by atoms with Crippen LogP contribution in [-0.2, 0) is 34.1 Å². The number of rotatable bonds is 10. The van der Waals surface area contributed by atoms with Gasteiger partial charge in [0.25, 0.3) is 5.91 Å². The maximum Gasteiger partial charge on any atom is 0.263 e. The number of fused-ring (bicyclic) bond motifs is 1. The molecule has 0 aliphatic carbocycles. The molecule has 0 atom stereocenters. The van der Waals surface area contributed by atoms with Crippen molar-refractivity contribution in [2.24, 2.45) is 0 Å². The average Bonchev–Trinajstić information content (AvgIpc) is 3.41. The van der Waals surface area contributed by atoms with E-state index in [1.807, 2.05) is 54.6 Å². The van der Waals surface area contributed by atoms with E-state index < -0.39 is 0 Å². The van der Waals surface area contributed by atoms with Gasteiger partial charge in [0.1, 0.15) is 18.1 Å². The van der Waals surface area contributed by atoms with Crippen LogP contribution in [0.1, 0.15) is 42.1 Å². The van der Waals surface area contributed by atoms with E-state index >= 15 is 0 Å². The summed E-state index contributed by atoms with van der Waals surface area (Å²) in [7, 11) is 0. The molecule has 0 unspecified atom stereocenters. The van der Waals surface area contributed by atoms with E-state index in [0.29, 0.717) is 24.0 Å². The zero-order valence-electron chi connectivity index (χ0n) is 19.5. The van der Waals surface area contributed by atoms with Gasteiger partial charge >= 0.3 is 0 Å². The van der Waals surface area contributed by atoms with Crippen LogP contribution in [0.4, 0.5) is 5.82 Å². The predicted molar refractivity (Wildman–Crippen MR) is 135 cm³/mol. The van der Waals surface area contributed by atoms with Crippen molar-refractivity contribution in [1.29, 1.82) is 0 Å². The lowest BCUT2D eigenvalue weighted by Crippen LogP contribution is -2.31. The van der Waals surface area contributed by atoms with Gasteiger partial charge in [-0.2, -0.15) is 16.9 Å². The number of amides is 2. The normalized spacial score (nSPS) is 12.4. The molecule has 2 heterocycles. The Labute approximate surface area is 204 Å². The second-order valence-electron chi connectivity index (χ2n) is 8.57. The van der Waals surface area contributed by atoms with Gasteiger partial charge in [-0.3, -0.25) is 9.59 Å². The summed E-state index contributed by atoms with van der Waals surface area (Å²) in [5, 5.41) is 10.4. The third kappa shape index (κ3) is 6.20. The van der Waals surface area contributed by atoms with E-state index in [4.69, 9.17) is 4.74 Å². The Morgan fingerprint density at radius 1 is 1.06 bits per heavy atom. The maximum absolute atomic E-state index is 12.6. The zero-order valence-corrected chi connectivity index (χ0v) is 20.4. The number of ether oxygens (including phenoxy) is 1. The fourth-order valence-electron chi connectivity index (χ4n) is 3.77. The highest BCUT2D eigenvalue weighted by atomic mass is 32.2. The summed E-state index contributed by atoms with van der Waals surface area (Å²) in [5.41, 5.74) is 4.29. The largest absolute Gasteiger partial charge is 0.484 e. The summed E-state index contributed by atoms with van der Waals surface area (Å²) >= 11 is 1.74. The molecule has 0 radical (unpaired) electrons. The Balaban J connectivity index is 1.33. The number of thioether (sulfide) groups is 1. The third-order valence-electron chi connectivity index (χ3n) is 5.67. The lowest BCUT2D eigenvalue weighted by atomic mass is 10.0. The molecule has 3 aromatic rings. The minimum absolute atomic E-state index is 0.0551. The molecular formula is C26H30N4O3S. The SMILES string of the molecule is CC(C)c1ccc(OCC(=O)Nc2c3c(nn2CC(=O)NCCc2ccccc2)CSC3)cc1. The van der Waals surface area contributed by atoms with Crippen molar-refractivity contribution >= 4 is 29.4 Å². The number of carbonyl (C=O) groups excluding carboxylic acids is 2. The molecule has 0 spiro atoms. The smallest absolute Gasteiger partial charge is 0.263 e. The van der Waals surface area contributed by atoms with E-state index in [-0.39, 0.29) is 25.0 Å². The summed E-state index contributed by atoms with van der Waals surface area (Å²) in [5.74, 6) is 2.79. The molecular weight excluding hydrogens is 448 g/mol. The molecule has 4 rings (SSSR count). The molecule has 0 saturated heterocycles. The van der Waals surface area contributed by atoms with Gasteiger partial charge in [-0.05, 0) is 35.6 Å². The summed E-state index contributed by atoms with van der Waals surface area (Å²) < 4.78 is 7.26. The standard InChI is InChI=1S/C26H30N4O3S/c1-18(2)20-8-10-21(11-9-20)33-15-25(32)28-26-22-16-34-17-23(22)29-30(26)14-24(31)27-13-12-19-6-4-3-5-7-19/h3-11,18H,12-17H2,1-2H3,(H,27,31)(H,28,32). The van der Waals surface area contributed by atoms with Crippen molar-refractivity contribution in [3.8, 4) is 5.75 Å². The Morgan fingerprint density at radius 3 is 2.56 bits per heavy atom. The molecule has 0 bridgehead atoms. The number of hydrogen-bond acceptors (Lipinski definition) is 5. The van der Waals surface area contributed by atoms with Crippen molar-refractivity contribution in [3.63, 3.8) is 0 Å². The zero-order chi connectivity index (χ0) is 23.9. The molecule has 8 heteroatoms. The molecule has 1 aliphatic rings. The number of hydrogen-bond donors (Lipinski definition) is 2. The van der Waals surface area contributed by atoms with Gasteiger partial charge in [0, 0.05) is 23.6 Å². The van der Waals surface area contributed by atoms with Crippen LogP contribution in [0.25, 0.3) is 0 Å². The van der Waals surface area contributed by atoms with Gasteiger partial charge in [-0.1, -0.05) is 56.3 Å². The molecule has 1 aliphatic heterocycles. The Bertz CT molecular complexity index is 1130. The number of nitrogens with one attached hydrogen (secondary N) is 2. The van der Waals surface area contributed by atoms with Crippen molar-refractivity contribution in [1.82, 2.24) is 15.1 Å². The van der Waals surface area contributed by atoms with Crippen LogP contribution in [0.5, 0.6) is 5.75 Å². The van der Waals surface area contributed by atoms with E-state index in [9.17, 15) is 9.59 Å². The highest BCUT2D eigenvalue weighted by molar-refractivity contribution is 7.98. The monoisotopic (exact) mass is 478 g/mol. The van der Waals surface area contributed by atoms with Crippen molar-refractivity contribution < 1.29 is 14.3 Å². The maximum atomic E-state index is 12.6. The van der Waals surface area contributed by atoms with Crippen LogP contribution >= 0.6 is 11.8 Å². The van der Waals surface area contributed by atoms with E-state index in [1.165, 1.54) is 11.1 Å². The topological polar surface area (TPSA) is 85.2 Å². The first-order valence-corrected chi connectivity index (χ1v) is 12.6. The van der Waals surface area contributed by atoms with E-state index in [0.717, 1.165) is 29.2 Å². The van der Waals surface area contributed by atoms with Crippen LogP contribution in [-0.4, -0.2) is 34.7 Å². The highest BCUT2D eigenvalue weighted by Gasteiger charge is 2.25. The van der Waals surface area contributed by atoms with Crippen LogP contribution < -0.4 is 15.4 Å². The second kappa shape index (κ2) is 11.2. The fourth-order valence-corrected chi connectivity index (χ4v) is 4.80. The minimum atomic E-state index is -0.279. The quantitative estimate of drug-likeness (QED) is 0.458. The van der Waals surface area contributed by atoms with Crippen LogP contribution in [0.15, 0.2) is 54.6 Å². The predicted octanol–water partition coefficient (Wildman–Crippen LogP) is 4.13. The molecule has 34 heavy (non-hydrogen) atoms. The van der Waals surface area contributed by atoms with Gasteiger partial charge < -0.3 is 15.4 Å². The van der Waals surface area contributed by atoms with Gasteiger partial charge in [0.05, 0.1) is 5.69 Å². The first-order chi connectivity index (χ1) is 16.5. The lowest BCUT2D eigenvalue weighted by Gasteiger charge is -2.12. The number of anilines is 1. The van der Waals surface area contributed by atoms with Crippen molar-refractivity contribution in [2.45, 2.75) is 44.2 Å². The van der Waals surface area contributed by atoms with E-state index in [1.54, 1.807) is 16.4 Å². The van der Waals surface area contributed by atoms with Crippen LogP contribution in [0.2, 0.25) is 0 Å².